The van der Waals surface area contributed by atoms with Crippen molar-refractivity contribution in [2.75, 3.05) is 7.05 Å². The summed E-state index contributed by atoms with van der Waals surface area (Å²) in [5, 5.41) is 3.47. The number of hydrogen-bond donors (Lipinski definition) is 1. The molecule has 2 rings (SSSR count). The smallest absolute Gasteiger partial charge is 0.0352 e. The van der Waals surface area contributed by atoms with E-state index in [4.69, 9.17) is 0 Å². The zero-order chi connectivity index (χ0) is 11.2. The normalized spacial score (nSPS) is 24.3. The maximum Gasteiger partial charge on any atom is 0.0352 e. The monoisotopic (exact) mass is 203 g/mol. The number of fused-ring (bicyclic) bond motifs is 1. The van der Waals surface area contributed by atoms with Gasteiger partial charge in [-0.25, -0.2) is 0 Å². The first-order valence-corrected chi connectivity index (χ1v) is 5.83. The molecule has 2 atom stereocenters. The molecule has 0 aromatic heterocycles. The molecular formula is C14H21N. The standard InChI is InChI=1S/C14H21N/c1-8-6-9(2)12-7-10(3)14(15-5)13(12)11(8)4/h6,10,14-15H,7H2,1-5H3. The predicted octanol–water partition coefficient (Wildman–Crippen LogP) is 3.06. The van der Waals surface area contributed by atoms with Gasteiger partial charge in [-0.05, 0) is 68.0 Å². The summed E-state index contributed by atoms with van der Waals surface area (Å²) in [6.07, 6.45) is 1.23. The predicted molar refractivity (Wildman–Crippen MR) is 65.3 cm³/mol. The minimum Gasteiger partial charge on any atom is -0.313 e. The van der Waals surface area contributed by atoms with Crippen LogP contribution in [0, 0.1) is 26.7 Å². The molecule has 1 heteroatoms. The molecule has 0 heterocycles. The summed E-state index contributed by atoms with van der Waals surface area (Å²) in [5.74, 6) is 0.726. The van der Waals surface area contributed by atoms with E-state index < -0.39 is 0 Å². The van der Waals surface area contributed by atoms with Gasteiger partial charge in [0, 0.05) is 6.04 Å². The Hall–Kier alpha value is -0.820. The molecule has 1 nitrogen and oxygen atoms in total. The molecule has 0 spiro atoms. The van der Waals surface area contributed by atoms with Crippen molar-refractivity contribution in [2.45, 2.75) is 40.2 Å². The van der Waals surface area contributed by atoms with Crippen LogP contribution in [0.2, 0.25) is 0 Å². The van der Waals surface area contributed by atoms with Gasteiger partial charge in [0.05, 0.1) is 0 Å². The summed E-state index contributed by atoms with van der Waals surface area (Å²) in [6, 6.07) is 2.89. The Morgan fingerprint density at radius 3 is 2.47 bits per heavy atom. The van der Waals surface area contributed by atoms with Crippen molar-refractivity contribution in [3.05, 3.63) is 33.9 Å². The van der Waals surface area contributed by atoms with E-state index in [9.17, 15) is 0 Å². The average Bonchev–Trinajstić information content (AvgIpc) is 2.52. The molecule has 1 N–H and O–H groups in total. The molecule has 0 saturated heterocycles. The molecule has 0 aliphatic heterocycles. The second-order valence-electron chi connectivity index (χ2n) is 4.98. The van der Waals surface area contributed by atoms with Crippen LogP contribution >= 0.6 is 0 Å². The fourth-order valence-corrected chi connectivity index (χ4v) is 3.02. The summed E-state index contributed by atoms with van der Waals surface area (Å²) < 4.78 is 0. The Labute approximate surface area is 92.9 Å². The van der Waals surface area contributed by atoms with Crippen LogP contribution in [-0.4, -0.2) is 7.05 Å². The molecule has 0 bridgehead atoms. The third-order valence-corrected chi connectivity index (χ3v) is 3.95. The van der Waals surface area contributed by atoms with E-state index in [-0.39, 0.29) is 0 Å². The van der Waals surface area contributed by atoms with Crippen molar-refractivity contribution in [3.8, 4) is 0 Å². The minimum atomic E-state index is 0.554. The number of benzene rings is 1. The number of rotatable bonds is 1. The van der Waals surface area contributed by atoms with Crippen LogP contribution in [0.4, 0.5) is 0 Å². The summed E-state index contributed by atoms with van der Waals surface area (Å²) in [5.41, 5.74) is 7.55. The van der Waals surface area contributed by atoms with Gasteiger partial charge in [0.25, 0.3) is 0 Å². The van der Waals surface area contributed by atoms with Crippen LogP contribution in [0.1, 0.15) is 40.8 Å². The van der Waals surface area contributed by atoms with Crippen molar-refractivity contribution >= 4 is 0 Å². The van der Waals surface area contributed by atoms with Crippen molar-refractivity contribution in [1.29, 1.82) is 0 Å². The lowest BCUT2D eigenvalue weighted by Crippen LogP contribution is -2.20. The topological polar surface area (TPSA) is 12.0 Å². The Morgan fingerprint density at radius 2 is 1.87 bits per heavy atom. The highest BCUT2D eigenvalue weighted by atomic mass is 14.9. The molecular weight excluding hydrogens is 182 g/mol. The molecule has 0 saturated carbocycles. The molecule has 0 amide bonds. The van der Waals surface area contributed by atoms with E-state index in [2.05, 4.69) is 46.1 Å². The molecule has 1 aromatic carbocycles. The highest BCUT2D eigenvalue weighted by Gasteiger charge is 2.31. The number of aryl methyl sites for hydroxylation is 2. The molecule has 82 valence electrons. The molecule has 0 fully saturated rings. The lowest BCUT2D eigenvalue weighted by atomic mass is 9.93. The Kier molecular flexibility index (Phi) is 2.59. The third-order valence-electron chi connectivity index (χ3n) is 3.95. The van der Waals surface area contributed by atoms with Gasteiger partial charge in [-0.15, -0.1) is 0 Å². The first kappa shape index (κ1) is 10.7. The van der Waals surface area contributed by atoms with E-state index in [1.54, 1.807) is 11.1 Å². The lowest BCUT2D eigenvalue weighted by Gasteiger charge is -2.19. The molecule has 1 aliphatic carbocycles. The van der Waals surface area contributed by atoms with E-state index in [0.29, 0.717) is 6.04 Å². The van der Waals surface area contributed by atoms with Gasteiger partial charge in [0.1, 0.15) is 0 Å². The zero-order valence-corrected chi connectivity index (χ0v) is 10.4. The van der Waals surface area contributed by atoms with Crippen LogP contribution in [0.3, 0.4) is 0 Å². The Balaban J connectivity index is 2.63. The summed E-state index contributed by atoms with van der Waals surface area (Å²) in [7, 11) is 2.08. The quantitative estimate of drug-likeness (QED) is 0.739. The van der Waals surface area contributed by atoms with E-state index >= 15 is 0 Å². The number of nitrogens with one attached hydrogen (secondary N) is 1. The fourth-order valence-electron chi connectivity index (χ4n) is 3.02. The van der Waals surface area contributed by atoms with Crippen LogP contribution < -0.4 is 5.32 Å². The van der Waals surface area contributed by atoms with Crippen molar-refractivity contribution in [3.63, 3.8) is 0 Å². The largest absolute Gasteiger partial charge is 0.313 e. The van der Waals surface area contributed by atoms with Crippen molar-refractivity contribution < 1.29 is 0 Å². The second kappa shape index (κ2) is 3.64. The van der Waals surface area contributed by atoms with Gasteiger partial charge in [0.15, 0.2) is 0 Å². The van der Waals surface area contributed by atoms with Gasteiger partial charge in [-0.2, -0.15) is 0 Å². The molecule has 1 aromatic rings. The number of hydrogen-bond acceptors (Lipinski definition) is 1. The van der Waals surface area contributed by atoms with Gasteiger partial charge in [-0.1, -0.05) is 13.0 Å². The van der Waals surface area contributed by atoms with E-state index in [0.717, 1.165) is 5.92 Å². The van der Waals surface area contributed by atoms with E-state index in [1.165, 1.54) is 23.1 Å². The Bertz CT molecular complexity index is 393. The third kappa shape index (κ3) is 1.50. The highest BCUT2D eigenvalue weighted by Crippen LogP contribution is 2.40. The van der Waals surface area contributed by atoms with Crippen molar-refractivity contribution in [2.24, 2.45) is 5.92 Å². The van der Waals surface area contributed by atoms with Crippen LogP contribution in [0.5, 0.6) is 0 Å². The van der Waals surface area contributed by atoms with Gasteiger partial charge in [-0.3, -0.25) is 0 Å². The molecule has 0 radical (unpaired) electrons. The van der Waals surface area contributed by atoms with Crippen LogP contribution in [0.25, 0.3) is 0 Å². The van der Waals surface area contributed by atoms with E-state index in [1.807, 2.05) is 0 Å². The summed E-state index contributed by atoms with van der Waals surface area (Å²) in [4.78, 5) is 0. The molecule has 15 heavy (non-hydrogen) atoms. The molecule has 2 unspecified atom stereocenters. The average molecular weight is 203 g/mol. The molecule has 1 aliphatic rings. The lowest BCUT2D eigenvalue weighted by molar-refractivity contribution is 0.445. The SMILES string of the molecule is CNC1c2c(C)c(C)cc(C)c2CC1C. The van der Waals surface area contributed by atoms with Crippen LogP contribution in [-0.2, 0) is 6.42 Å². The van der Waals surface area contributed by atoms with Crippen LogP contribution in [0.15, 0.2) is 6.07 Å². The maximum absolute atomic E-state index is 3.47. The van der Waals surface area contributed by atoms with Gasteiger partial charge in [0.2, 0.25) is 0 Å². The van der Waals surface area contributed by atoms with Gasteiger partial charge >= 0.3 is 0 Å². The zero-order valence-electron chi connectivity index (χ0n) is 10.4. The Morgan fingerprint density at radius 1 is 1.20 bits per heavy atom. The highest BCUT2D eigenvalue weighted by molar-refractivity contribution is 5.49. The summed E-state index contributed by atoms with van der Waals surface area (Å²) >= 11 is 0. The first-order valence-electron chi connectivity index (χ1n) is 5.83. The minimum absolute atomic E-state index is 0.554. The fraction of sp³-hybridized carbons (Fsp3) is 0.571. The second-order valence-corrected chi connectivity index (χ2v) is 4.98. The van der Waals surface area contributed by atoms with Gasteiger partial charge < -0.3 is 5.32 Å². The summed E-state index contributed by atoms with van der Waals surface area (Å²) in [6.45, 7) is 9.07. The van der Waals surface area contributed by atoms with Crippen molar-refractivity contribution in [1.82, 2.24) is 5.32 Å². The first-order chi connectivity index (χ1) is 7.06. The maximum atomic E-state index is 3.47.